The van der Waals surface area contributed by atoms with E-state index in [9.17, 15) is 4.79 Å². The lowest BCUT2D eigenvalue weighted by atomic mass is 9.98. The van der Waals surface area contributed by atoms with Crippen LogP contribution in [-0.4, -0.2) is 56.1 Å². The molecule has 2 atom stereocenters. The number of amides is 1. The minimum atomic E-state index is -0.0858. The van der Waals surface area contributed by atoms with Crippen molar-refractivity contribution in [2.75, 3.05) is 24.5 Å². The first-order valence-corrected chi connectivity index (χ1v) is 11.7. The number of rotatable bonds is 3. The topological polar surface area (TPSA) is 92.7 Å². The van der Waals surface area contributed by atoms with Gasteiger partial charge in [-0.1, -0.05) is 24.3 Å². The zero-order chi connectivity index (χ0) is 22.4. The summed E-state index contributed by atoms with van der Waals surface area (Å²) < 4.78 is 1.81. The molecule has 1 amide bonds. The van der Waals surface area contributed by atoms with Gasteiger partial charge in [-0.3, -0.25) is 9.78 Å². The number of hydrogen-bond acceptors (Lipinski definition) is 6. The predicted molar refractivity (Wildman–Crippen MR) is 127 cm³/mol. The summed E-state index contributed by atoms with van der Waals surface area (Å²) in [5.74, 6) is 0.895. The van der Waals surface area contributed by atoms with Gasteiger partial charge in [-0.15, -0.1) is 0 Å². The molecule has 6 rings (SSSR count). The Bertz CT molecular complexity index is 1330. The Labute approximate surface area is 192 Å². The Morgan fingerprint density at radius 2 is 1.97 bits per heavy atom. The van der Waals surface area contributed by atoms with E-state index in [-0.39, 0.29) is 18.0 Å². The van der Waals surface area contributed by atoms with Gasteiger partial charge in [-0.2, -0.15) is 5.10 Å². The Kier molecular flexibility index (Phi) is 4.95. The highest BCUT2D eigenvalue weighted by molar-refractivity contribution is 6.05. The molecule has 0 radical (unpaired) electrons. The average Bonchev–Trinajstić information content (AvgIpc) is 3.49. The fraction of sp³-hybridized carbons (Fsp3) is 0.360. The lowest BCUT2D eigenvalue weighted by molar-refractivity contribution is 0.0602. The Morgan fingerprint density at radius 1 is 1.06 bits per heavy atom. The molecule has 8 heteroatoms. The Balaban J connectivity index is 1.33. The van der Waals surface area contributed by atoms with Crippen LogP contribution >= 0.6 is 0 Å². The lowest BCUT2D eigenvalue weighted by Gasteiger charge is -2.34. The number of nitrogens with two attached hydrogens (primary N) is 1. The predicted octanol–water partition coefficient (Wildman–Crippen LogP) is 3.18. The van der Waals surface area contributed by atoms with Crippen molar-refractivity contribution in [3.63, 3.8) is 0 Å². The lowest BCUT2D eigenvalue weighted by Crippen LogP contribution is -2.39. The van der Waals surface area contributed by atoms with Crippen molar-refractivity contribution in [2.45, 2.75) is 37.8 Å². The van der Waals surface area contributed by atoms with E-state index in [1.54, 1.807) is 6.20 Å². The fourth-order valence-corrected chi connectivity index (χ4v) is 5.13. The summed E-state index contributed by atoms with van der Waals surface area (Å²) in [6, 6.07) is 14.0. The van der Waals surface area contributed by atoms with E-state index in [1.807, 2.05) is 58.1 Å². The second-order valence-corrected chi connectivity index (χ2v) is 9.04. The van der Waals surface area contributed by atoms with Crippen LogP contribution < -0.4 is 10.6 Å². The number of anilines is 1. The van der Waals surface area contributed by atoms with Gasteiger partial charge in [0.2, 0.25) is 0 Å². The van der Waals surface area contributed by atoms with E-state index in [0.29, 0.717) is 12.2 Å². The molecule has 3 aromatic heterocycles. The number of nitrogens with zero attached hydrogens (tertiary/aromatic N) is 6. The molecular weight excluding hydrogens is 414 g/mol. The highest BCUT2D eigenvalue weighted by Crippen LogP contribution is 2.33. The molecule has 2 aliphatic heterocycles. The van der Waals surface area contributed by atoms with Crippen LogP contribution in [0.15, 0.2) is 54.9 Å². The number of hydrogen-bond donors (Lipinski definition) is 1. The first-order chi connectivity index (χ1) is 16.2. The molecule has 2 saturated heterocycles. The molecule has 168 valence electrons. The van der Waals surface area contributed by atoms with Crippen LogP contribution in [-0.2, 0) is 0 Å². The minimum Gasteiger partial charge on any atom is -0.355 e. The summed E-state index contributed by atoms with van der Waals surface area (Å²) in [5, 5.41) is 6.72. The molecule has 2 N–H and O–H groups in total. The molecule has 4 aromatic rings. The van der Waals surface area contributed by atoms with Crippen molar-refractivity contribution >= 4 is 28.1 Å². The van der Waals surface area contributed by atoms with Crippen LogP contribution in [0, 0.1) is 0 Å². The number of pyridine rings is 1. The van der Waals surface area contributed by atoms with E-state index in [0.717, 1.165) is 66.7 Å². The Morgan fingerprint density at radius 3 is 2.85 bits per heavy atom. The van der Waals surface area contributed by atoms with Gasteiger partial charge in [-0.25, -0.2) is 9.50 Å². The number of fused-ring (bicyclic) bond motifs is 2. The van der Waals surface area contributed by atoms with Gasteiger partial charge < -0.3 is 15.5 Å². The molecule has 5 heterocycles. The third-order valence-corrected chi connectivity index (χ3v) is 6.86. The summed E-state index contributed by atoms with van der Waals surface area (Å²) in [6.07, 6.45) is 7.59. The van der Waals surface area contributed by atoms with Crippen LogP contribution in [0.3, 0.4) is 0 Å². The molecule has 0 saturated carbocycles. The molecule has 0 spiro atoms. The summed E-state index contributed by atoms with van der Waals surface area (Å²) >= 11 is 0. The summed E-state index contributed by atoms with van der Waals surface area (Å²) in [5.41, 5.74) is 8.26. The van der Waals surface area contributed by atoms with Gasteiger partial charge in [0.25, 0.3) is 5.91 Å². The highest BCUT2D eigenvalue weighted by atomic mass is 16.2. The SMILES string of the molecule is N[C@H]1CCN(c2ccn3nc([C@@H]4CCCCN4C(=O)c4nccc5ccccc45)cc3n2)C1. The zero-order valence-corrected chi connectivity index (χ0v) is 18.5. The molecule has 2 aliphatic rings. The van der Waals surface area contributed by atoms with Crippen molar-refractivity contribution < 1.29 is 4.79 Å². The molecular formula is C25H27N7O. The van der Waals surface area contributed by atoms with E-state index in [2.05, 4.69) is 9.88 Å². The molecule has 0 aliphatic carbocycles. The average molecular weight is 442 g/mol. The van der Waals surface area contributed by atoms with Gasteiger partial charge in [0.1, 0.15) is 11.5 Å². The van der Waals surface area contributed by atoms with Crippen LogP contribution in [0.5, 0.6) is 0 Å². The van der Waals surface area contributed by atoms with Crippen molar-refractivity contribution in [3.05, 3.63) is 66.2 Å². The van der Waals surface area contributed by atoms with Gasteiger partial charge in [0.15, 0.2) is 5.65 Å². The normalized spacial score (nSPS) is 21.2. The number of carbonyl (C=O) groups excluding carboxylic acids is 1. The van der Waals surface area contributed by atoms with Crippen LogP contribution in [0.25, 0.3) is 16.4 Å². The standard InChI is InChI=1S/C25H27N7O/c26-18-9-13-30(16-18)22-10-14-32-23(28-22)15-20(29-32)21-7-3-4-12-31(21)25(33)24-19-6-2-1-5-17(19)8-11-27-24/h1-2,5-6,8,10-11,14-15,18,21H,3-4,7,9,12-13,16,26H2/t18-,21-/m0/s1. The monoisotopic (exact) mass is 441 g/mol. The number of piperidine rings is 1. The van der Waals surface area contributed by atoms with Gasteiger partial charge in [-0.05, 0) is 43.2 Å². The largest absolute Gasteiger partial charge is 0.355 e. The zero-order valence-electron chi connectivity index (χ0n) is 18.5. The second kappa shape index (κ2) is 8.12. The van der Waals surface area contributed by atoms with Gasteiger partial charge in [0.05, 0.1) is 11.7 Å². The maximum absolute atomic E-state index is 13.7. The molecule has 2 fully saturated rings. The number of benzene rings is 1. The fourth-order valence-electron chi connectivity index (χ4n) is 5.13. The summed E-state index contributed by atoms with van der Waals surface area (Å²) in [4.78, 5) is 27.1. The molecule has 0 bridgehead atoms. The van der Waals surface area contributed by atoms with Gasteiger partial charge in [0, 0.05) is 49.5 Å². The first-order valence-electron chi connectivity index (χ1n) is 11.7. The maximum atomic E-state index is 13.7. The van der Waals surface area contributed by atoms with E-state index < -0.39 is 0 Å². The number of aromatic nitrogens is 4. The van der Waals surface area contributed by atoms with Crippen molar-refractivity contribution in [2.24, 2.45) is 5.73 Å². The van der Waals surface area contributed by atoms with Crippen molar-refractivity contribution in [3.8, 4) is 0 Å². The number of likely N-dealkylation sites (tertiary alicyclic amines) is 1. The Hall–Kier alpha value is -3.52. The molecule has 1 aromatic carbocycles. The van der Waals surface area contributed by atoms with Crippen LogP contribution in [0.1, 0.15) is 47.9 Å². The smallest absolute Gasteiger partial charge is 0.273 e. The summed E-state index contributed by atoms with van der Waals surface area (Å²) in [7, 11) is 0. The second-order valence-electron chi connectivity index (χ2n) is 9.04. The van der Waals surface area contributed by atoms with Crippen molar-refractivity contribution in [1.82, 2.24) is 24.5 Å². The number of carbonyl (C=O) groups is 1. The molecule has 0 unspecified atom stereocenters. The summed E-state index contributed by atoms with van der Waals surface area (Å²) in [6.45, 7) is 2.45. The quantitative estimate of drug-likeness (QED) is 0.525. The van der Waals surface area contributed by atoms with Crippen molar-refractivity contribution in [1.29, 1.82) is 0 Å². The molecule has 8 nitrogen and oxygen atoms in total. The van der Waals surface area contributed by atoms with E-state index in [1.165, 1.54) is 0 Å². The third kappa shape index (κ3) is 3.60. The highest BCUT2D eigenvalue weighted by Gasteiger charge is 2.32. The van der Waals surface area contributed by atoms with Crippen LogP contribution in [0.2, 0.25) is 0 Å². The third-order valence-electron chi connectivity index (χ3n) is 6.86. The maximum Gasteiger partial charge on any atom is 0.273 e. The van der Waals surface area contributed by atoms with Gasteiger partial charge >= 0.3 is 0 Å². The van der Waals surface area contributed by atoms with E-state index >= 15 is 0 Å². The first kappa shape index (κ1) is 20.1. The van der Waals surface area contributed by atoms with E-state index in [4.69, 9.17) is 15.8 Å². The molecule has 33 heavy (non-hydrogen) atoms. The minimum absolute atomic E-state index is 0.0340. The van der Waals surface area contributed by atoms with Crippen LogP contribution in [0.4, 0.5) is 5.82 Å².